The van der Waals surface area contributed by atoms with Crippen molar-refractivity contribution in [1.29, 1.82) is 0 Å². The topological polar surface area (TPSA) is 90.9 Å². The molecule has 86 valence electrons. The Balaban J connectivity index is 3.22. The number of hydrogen-bond donors (Lipinski definition) is 3. The molecule has 1 aromatic rings. The average Bonchev–Trinajstić information content (AvgIpc) is 2.41. The van der Waals surface area contributed by atoms with Crippen LogP contribution in [0.5, 0.6) is 0 Å². The van der Waals surface area contributed by atoms with Gasteiger partial charge in [0, 0.05) is 6.61 Å². The van der Waals surface area contributed by atoms with Crippen LogP contribution in [0.2, 0.25) is 0 Å². The van der Waals surface area contributed by atoms with Gasteiger partial charge in [0.1, 0.15) is 0 Å². The Morgan fingerprint density at radius 1 is 1.27 bits per heavy atom. The van der Waals surface area contributed by atoms with E-state index in [0.717, 1.165) is 4.57 Å². The van der Waals surface area contributed by atoms with E-state index in [9.17, 15) is 9.59 Å². The number of rotatable bonds is 3. The number of nitrogens with zero attached hydrogens (tertiary/aromatic N) is 1. The van der Waals surface area contributed by atoms with E-state index in [0.29, 0.717) is 6.42 Å². The van der Waals surface area contributed by atoms with Gasteiger partial charge in [0.2, 0.25) is 0 Å². The van der Waals surface area contributed by atoms with Crippen molar-refractivity contribution in [3.8, 4) is 0 Å². The number of H-pyrrole nitrogens is 2. The Hall–Kier alpha value is -1.30. The smallest absolute Gasteiger partial charge is 0.344 e. The van der Waals surface area contributed by atoms with Crippen molar-refractivity contribution in [2.75, 3.05) is 6.61 Å². The molecule has 0 saturated heterocycles. The Morgan fingerprint density at radius 2 is 1.73 bits per heavy atom. The number of aliphatic hydroxyl groups excluding tert-OH is 1. The van der Waals surface area contributed by atoms with E-state index in [4.69, 9.17) is 5.11 Å². The molecule has 1 rings (SSSR count). The van der Waals surface area contributed by atoms with Crippen molar-refractivity contribution < 1.29 is 5.11 Å². The Morgan fingerprint density at radius 3 is 2.07 bits per heavy atom. The van der Waals surface area contributed by atoms with Crippen LogP contribution in [0.1, 0.15) is 33.2 Å². The van der Waals surface area contributed by atoms with Gasteiger partial charge in [-0.3, -0.25) is 0 Å². The summed E-state index contributed by atoms with van der Waals surface area (Å²) >= 11 is 0. The van der Waals surface area contributed by atoms with Gasteiger partial charge in [-0.05, 0) is 11.8 Å². The summed E-state index contributed by atoms with van der Waals surface area (Å²) in [5.41, 5.74) is -1.19. The van der Waals surface area contributed by atoms with Crippen molar-refractivity contribution in [1.82, 2.24) is 14.8 Å². The van der Waals surface area contributed by atoms with Gasteiger partial charge in [0.05, 0.1) is 6.04 Å². The van der Waals surface area contributed by atoms with Crippen LogP contribution >= 0.6 is 0 Å². The second-order valence-electron chi connectivity index (χ2n) is 4.62. The lowest BCUT2D eigenvalue weighted by atomic mass is 9.85. The number of aliphatic hydroxyl groups is 1. The Bertz CT molecular complexity index is 393. The molecule has 0 spiro atoms. The molecule has 1 atom stereocenters. The summed E-state index contributed by atoms with van der Waals surface area (Å²) in [6, 6.07) is -0.315. The monoisotopic (exact) mass is 215 g/mol. The predicted octanol–water partition coefficient (Wildman–Crippen LogP) is -0.166. The second-order valence-corrected chi connectivity index (χ2v) is 4.62. The molecule has 0 radical (unpaired) electrons. The van der Waals surface area contributed by atoms with Crippen molar-refractivity contribution in [2.45, 2.75) is 33.2 Å². The third kappa shape index (κ3) is 2.38. The first-order valence-corrected chi connectivity index (χ1v) is 4.88. The van der Waals surface area contributed by atoms with Gasteiger partial charge in [-0.15, -0.1) is 0 Å². The SMILES string of the molecule is CC(C)(C)C(CCO)n1c(=O)[nH][nH]c1=O. The predicted molar refractivity (Wildman–Crippen MR) is 55.9 cm³/mol. The zero-order chi connectivity index (χ0) is 11.6. The first-order chi connectivity index (χ1) is 6.88. The van der Waals surface area contributed by atoms with Gasteiger partial charge in [0.15, 0.2) is 0 Å². The zero-order valence-corrected chi connectivity index (χ0v) is 9.20. The van der Waals surface area contributed by atoms with Crippen LogP contribution in [0.15, 0.2) is 9.59 Å². The average molecular weight is 215 g/mol. The van der Waals surface area contributed by atoms with Crippen LogP contribution in [0.3, 0.4) is 0 Å². The standard InChI is InChI=1S/C9H17N3O3/c1-9(2,3)6(4-5-13)12-7(14)10-11-8(12)15/h6,13H,4-5H2,1-3H3,(H,10,14)(H,11,15). The molecule has 0 fully saturated rings. The van der Waals surface area contributed by atoms with Gasteiger partial charge in [0.25, 0.3) is 0 Å². The van der Waals surface area contributed by atoms with Crippen LogP contribution < -0.4 is 11.4 Å². The summed E-state index contributed by atoms with van der Waals surface area (Å²) in [6.07, 6.45) is 0.379. The highest BCUT2D eigenvalue weighted by atomic mass is 16.3. The van der Waals surface area contributed by atoms with Crippen LogP contribution in [-0.2, 0) is 0 Å². The molecule has 15 heavy (non-hydrogen) atoms. The maximum atomic E-state index is 11.4. The quantitative estimate of drug-likeness (QED) is 0.654. The molecule has 1 heterocycles. The van der Waals surface area contributed by atoms with E-state index in [1.54, 1.807) is 0 Å². The lowest BCUT2D eigenvalue weighted by Crippen LogP contribution is -2.38. The molecule has 0 amide bonds. The molecule has 0 aliphatic rings. The minimum absolute atomic E-state index is 0.0566. The summed E-state index contributed by atoms with van der Waals surface area (Å²) in [5.74, 6) is 0. The molecule has 0 aliphatic heterocycles. The van der Waals surface area contributed by atoms with Crippen LogP contribution in [0, 0.1) is 5.41 Å². The van der Waals surface area contributed by atoms with E-state index in [1.807, 2.05) is 20.8 Å². The minimum Gasteiger partial charge on any atom is -0.396 e. The molecule has 1 aromatic heterocycles. The van der Waals surface area contributed by atoms with Gasteiger partial charge >= 0.3 is 11.4 Å². The van der Waals surface area contributed by atoms with Gasteiger partial charge < -0.3 is 5.11 Å². The van der Waals surface area contributed by atoms with E-state index < -0.39 is 11.4 Å². The Labute approximate surface area is 86.9 Å². The third-order valence-electron chi connectivity index (χ3n) is 2.43. The molecule has 0 aromatic carbocycles. The lowest BCUT2D eigenvalue weighted by Gasteiger charge is -2.29. The summed E-state index contributed by atoms with van der Waals surface area (Å²) in [7, 11) is 0. The second kappa shape index (κ2) is 4.06. The van der Waals surface area contributed by atoms with E-state index in [2.05, 4.69) is 10.2 Å². The van der Waals surface area contributed by atoms with Crippen molar-refractivity contribution in [2.24, 2.45) is 5.41 Å². The van der Waals surface area contributed by atoms with Crippen LogP contribution in [0.4, 0.5) is 0 Å². The van der Waals surface area contributed by atoms with Crippen molar-refractivity contribution in [3.05, 3.63) is 21.0 Å². The number of hydrogen-bond acceptors (Lipinski definition) is 3. The van der Waals surface area contributed by atoms with E-state index in [1.165, 1.54) is 0 Å². The highest BCUT2D eigenvalue weighted by Crippen LogP contribution is 2.30. The molecule has 1 unspecified atom stereocenters. The van der Waals surface area contributed by atoms with Crippen molar-refractivity contribution >= 4 is 0 Å². The fourth-order valence-electron chi connectivity index (χ4n) is 1.67. The summed E-state index contributed by atoms with van der Waals surface area (Å²) in [6.45, 7) is 5.71. The highest BCUT2D eigenvalue weighted by molar-refractivity contribution is 4.83. The fraction of sp³-hybridized carbons (Fsp3) is 0.778. The molecular weight excluding hydrogens is 198 g/mol. The van der Waals surface area contributed by atoms with Crippen LogP contribution in [-0.4, -0.2) is 26.5 Å². The van der Waals surface area contributed by atoms with Gasteiger partial charge in [-0.1, -0.05) is 20.8 Å². The maximum Gasteiger partial charge on any atom is 0.344 e. The maximum absolute atomic E-state index is 11.4. The molecule has 6 nitrogen and oxygen atoms in total. The molecule has 0 saturated carbocycles. The van der Waals surface area contributed by atoms with E-state index >= 15 is 0 Å². The molecule has 0 aliphatic carbocycles. The normalized spacial score (nSPS) is 14.1. The molecule has 3 N–H and O–H groups in total. The van der Waals surface area contributed by atoms with Gasteiger partial charge in [-0.2, -0.15) is 0 Å². The number of nitrogens with one attached hydrogen (secondary N) is 2. The third-order valence-corrected chi connectivity index (χ3v) is 2.43. The Kier molecular flexibility index (Phi) is 3.18. The first-order valence-electron chi connectivity index (χ1n) is 4.88. The molecule has 6 heteroatoms. The van der Waals surface area contributed by atoms with Gasteiger partial charge in [-0.25, -0.2) is 24.4 Å². The number of aromatic nitrogens is 3. The molecule has 0 bridgehead atoms. The largest absolute Gasteiger partial charge is 0.396 e. The summed E-state index contributed by atoms with van der Waals surface area (Å²) in [5, 5.41) is 13.4. The molecular formula is C9H17N3O3. The fourth-order valence-corrected chi connectivity index (χ4v) is 1.67. The zero-order valence-electron chi connectivity index (χ0n) is 9.20. The van der Waals surface area contributed by atoms with Crippen molar-refractivity contribution in [3.63, 3.8) is 0 Å². The lowest BCUT2D eigenvalue weighted by molar-refractivity contribution is 0.172. The van der Waals surface area contributed by atoms with E-state index in [-0.39, 0.29) is 18.1 Å². The summed E-state index contributed by atoms with van der Waals surface area (Å²) < 4.78 is 1.12. The van der Waals surface area contributed by atoms with Crippen LogP contribution in [0.25, 0.3) is 0 Å². The minimum atomic E-state index is -0.464. The number of aromatic amines is 2. The summed E-state index contributed by atoms with van der Waals surface area (Å²) in [4.78, 5) is 22.8. The first kappa shape index (κ1) is 11.8. The highest BCUT2D eigenvalue weighted by Gasteiger charge is 2.28.